The van der Waals surface area contributed by atoms with Gasteiger partial charge in [0, 0.05) is 6.04 Å². The van der Waals surface area contributed by atoms with Gasteiger partial charge in [-0.25, -0.2) is 0 Å². The Morgan fingerprint density at radius 2 is 1.68 bits per heavy atom. The van der Waals surface area contributed by atoms with Crippen molar-refractivity contribution < 1.29 is 4.74 Å². The van der Waals surface area contributed by atoms with Crippen LogP contribution in [0.15, 0.2) is 24.3 Å². The van der Waals surface area contributed by atoms with Crippen LogP contribution < -0.4 is 10.1 Å². The molecule has 0 aromatic heterocycles. The van der Waals surface area contributed by atoms with E-state index in [1.54, 1.807) is 0 Å². The van der Waals surface area contributed by atoms with Crippen molar-refractivity contribution in [3.8, 4) is 5.75 Å². The highest BCUT2D eigenvalue weighted by Crippen LogP contribution is 2.22. The molecule has 1 atom stereocenters. The minimum absolute atomic E-state index is 0.481. The van der Waals surface area contributed by atoms with E-state index >= 15 is 0 Å². The van der Waals surface area contributed by atoms with Crippen molar-refractivity contribution in [3.05, 3.63) is 29.8 Å². The maximum absolute atomic E-state index is 5.70. The van der Waals surface area contributed by atoms with E-state index in [4.69, 9.17) is 4.74 Å². The van der Waals surface area contributed by atoms with Crippen LogP contribution in [0, 0.1) is 0 Å². The van der Waals surface area contributed by atoms with E-state index in [1.165, 1.54) is 31.2 Å². The van der Waals surface area contributed by atoms with Gasteiger partial charge in [-0.2, -0.15) is 0 Å². The molecule has 0 aliphatic carbocycles. The molecule has 0 aliphatic heterocycles. The maximum Gasteiger partial charge on any atom is 0.119 e. The molecule has 0 bridgehead atoms. The zero-order chi connectivity index (χ0) is 13.9. The minimum Gasteiger partial charge on any atom is -0.494 e. The number of ether oxygens (including phenoxy) is 1. The van der Waals surface area contributed by atoms with Gasteiger partial charge < -0.3 is 10.1 Å². The van der Waals surface area contributed by atoms with Crippen molar-refractivity contribution in [2.75, 3.05) is 13.2 Å². The van der Waals surface area contributed by atoms with Gasteiger partial charge in [0.2, 0.25) is 0 Å². The molecule has 0 spiro atoms. The van der Waals surface area contributed by atoms with E-state index in [0.29, 0.717) is 6.04 Å². The lowest BCUT2D eigenvalue weighted by atomic mass is 10.0. The van der Waals surface area contributed by atoms with Gasteiger partial charge in [0.1, 0.15) is 5.75 Å². The lowest BCUT2D eigenvalue weighted by molar-refractivity contribution is 0.309. The van der Waals surface area contributed by atoms with Crippen molar-refractivity contribution in [2.24, 2.45) is 0 Å². The summed E-state index contributed by atoms with van der Waals surface area (Å²) < 4.78 is 5.70. The lowest BCUT2D eigenvalue weighted by Gasteiger charge is -2.18. The predicted octanol–water partition coefficient (Wildman–Crippen LogP) is 4.71. The van der Waals surface area contributed by atoms with Crippen LogP contribution in [-0.2, 0) is 0 Å². The molecular weight excluding hydrogens is 234 g/mol. The highest BCUT2D eigenvalue weighted by atomic mass is 16.5. The first kappa shape index (κ1) is 16.0. The second kappa shape index (κ2) is 9.85. The zero-order valence-corrected chi connectivity index (χ0v) is 12.7. The summed E-state index contributed by atoms with van der Waals surface area (Å²) in [5.74, 6) is 0.989. The fraction of sp³-hybridized carbons (Fsp3) is 0.647. The van der Waals surface area contributed by atoms with Gasteiger partial charge >= 0.3 is 0 Å². The molecule has 0 amide bonds. The predicted molar refractivity (Wildman–Crippen MR) is 82.8 cm³/mol. The molecule has 1 aromatic carbocycles. The Hall–Kier alpha value is -1.02. The molecule has 2 nitrogen and oxygen atoms in total. The van der Waals surface area contributed by atoms with Crippen LogP contribution in [0.5, 0.6) is 5.75 Å². The van der Waals surface area contributed by atoms with Crippen molar-refractivity contribution in [1.29, 1.82) is 0 Å². The number of unbranched alkanes of at least 4 members (excludes halogenated alkanes) is 2. The van der Waals surface area contributed by atoms with Crippen molar-refractivity contribution >= 4 is 0 Å². The molecule has 108 valence electrons. The molecule has 0 radical (unpaired) electrons. The van der Waals surface area contributed by atoms with Crippen molar-refractivity contribution in [2.45, 2.75) is 58.9 Å². The number of hydrogen-bond acceptors (Lipinski definition) is 2. The van der Waals surface area contributed by atoms with Crippen LogP contribution in [0.2, 0.25) is 0 Å². The highest BCUT2D eigenvalue weighted by molar-refractivity contribution is 5.29. The van der Waals surface area contributed by atoms with Gasteiger partial charge in [0.05, 0.1) is 6.61 Å². The average Bonchev–Trinajstić information content (AvgIpc) is 2.45. The number of rotatable bonds is 10. The van der Waals surface area contributed by atoms with Crippen LogP contribution in [0.25, 0.3) is 0 Å². The molecule has 1 rings (SSSR count). The molecule has 0 saturated carbocycles. The van der Waals surface area contributed by atoms with E-state index < -0.39 is 0 Å². The third kappa shape index (κ3) is 6.11. The molecular formula is C17H29NO. The zero-order valence-electron chi connectivity index (χ0n) is 12.7. The average molecular weight is 263 g/mol. The quantitative estimate of drug-likeness (QED) is 0.617. The van der Waals surface area contributed by atoms with Gasteiger partial charge in [0.15, 0.2) is 0 Å². The first-order valence-corrected chi connectivity index (χ1v) is 7.77. The Balaban J connectivity index is 2.55. The summed E-state index contributed by atoms with van der Waals surface area (Å²) in [7, 11) is 0. The Morgan fingerprint density at radius 3 is 2.26 bits per heavy atom. The van der Waals surface area contributed by atoms with Gasteiger partial charge in [-0.05, 0) is 37.1 Å². The largest absolute Gasteiger partial charge is 0.494 e. The summed E-state index contributed by atoms with van der Waals surface area (Å²) in [6.45, 7) is 8.43. The standard InChI is InChI=1S/C17H29NO/c1-4-7-9-17(18-6-3)15-10-12-16(13-11-15)19-14-8-5-2/h10-13,17-18H,4-9,14H2,1-3H3. The Morgan fingerprint density at radius 1 is 1.00 bits per heavy atom. The topological polar surface area (TPSA) is 21.3 Å². The molecule has 0 heterocycles. The number of hydrogen-bond donors (Lipinski definition) is 1. The Kier molecular flexibility index (Phi) is 8.31. The van der Waals surface area contributed by atoms with Crippen LogP contribution in [0.1, 0.15) is 64.5 Å². The monoisotopic (exact) mass is 263 g/mol. The molecule has 0 aliphatic rings. The van der Waals surface area contributed by atoms with Crippen LogP contribution in [0.3, 0.4) is 0 Å². The first-order valence-electron chi connectivity index (χ1n) is 7.77. The lowest BCUT2D eigenvalue weighted by Crippen LogP contribution is -2.20. The first-order chi connectivity index (χ1) is 9.31. The normalized spacial score (nSPS) is 12.4. The molecule has 0 fully saturated rings. The summed E-state index contributed by atoms with van der Waals surface area (Å²) in [5, 5.41) is 3.56. The van der Waals surface area contributed by atoms with E-state index in [9.17, 15) is 0 Å². The van der Waals surface area contributed by atoms with Crippen LogP contribution in [-0.4, -0.2) is 13.2 Å². The fourth-order valence-corrected chi connectivity index (χ4v) is 2.17. The second-order valence-electron chi connectivity index (χ2n) is 5.02. The molecule has 2 heteroatoms. The molecule has 0 saturated heterocycles. The third-order valence-corrected chi connectivity index (χ3v) is 3.35. The Labute approximate surface area is 118 Å². The van der Waals surface area contributed by atoms with Gasteiger partial charge in [-0.3, -0.25) is 0 Å². The summed E-state index contributed by atoms with van der Waals surface area (Å²) >= 11 is 0. The SMILES string of the molecule is CCCCOc1ccc(C(CCCC)NCC)cc1. The van der Waals surface area contributed by atoms with Gasteiger partial charge in [0.25, 0.3) is 0 Å². The highest BCUT2D eigenvalue weighted by Gasteiger charge is 2.09. The molecule has 1 N–H and O–H groups in total. The summed E-state index contributed by atoms with van der Waals surface area (Å²) in [5.41, 5.74) is 1.37. The number of benzene rings is 1. The Bertz CT molecular complexity index is 321. The number of nitrogens with one attached hydrogen (secondary N) is 1. The summed E-state index contributed by atoms with van der Waals surface area (Å²) in [4.78, 5) is 0. The van der Waals surface area contributed by atoms with E-state index in [2.05, 4.69) is 50.4 Å². The van der Waals surface area contributed by atoms with Gasteiger partial charge in [-0.15, -0.1) is 0 Å². The maximum atomic E-state index is 5.70. The summed E-state index contributed by atoms with van der Waals surface area (Å²) in [6.07, 6.45) is 6.03. The smallest absolute Gasteiger partial charge is 0.119 e. The third-order valence-electron chi connectivity index (χ3n) is 3.35. The van der Waals surface area contributed by atoms with Crippen LogP contribution >= 0.6 is 0 Å². The van der Waals surface area contributed by atoms with E-state index in [1.807, 2.05) is 0 Å². The minimum atomic E-state index is 0.481. The second-order valence-corrected chi connectivity index (χ2v) is 5.02. The van der Waals surface area contributed by atoms with E-state index in [-0.39, 0.29) is 0 Å². The molecule has 1 unspecified atom stereocenters. The fourth-order valence-electron chi connectivity index (χ4n) is 2.17. The van der Waals surface area contributed by atoms with Crippen molar-refractivity contribution in [1.82, 2.24) is 5.32 Å². The van der Waals surface area contributed by atoms with Crippen LogP contribution in [0.4, 0.5) is 0 Å². The van der Waals surface area contributed by atoms with E-state index in [0.717, 1.165) is 25.3 Å². The molecule has 19 heavy (non-hydrogen) atoms. The van der Waals surface area contributed by atoms with Crippen molar-refractivity contribution in [3.63, 3.8) is 0 Å². The van der Waals surface area contributed by atoms with Gasteiger partial charge in [-0.1, -0.05) is 52.2 Å². The molecule has 1 aromatic rings. The summed E-state index contributed by atoms with van der Waals surface area (Å²) in [6, 6.07) is 9.08.